The molecule has 0 fully saturated rings. The van der Waals surface area contributed by atoms with Gasteiger partial charge in [-0.1, -0.05) is 41.4 Å². The Kier molecular flexibility index (Phi) is 6.87. The average molecular weight is 342 g/mol. The Morgan fingerprint density at radius 2 is 1.81 bits per heavy atom. The van der Waals surface area contributed by atoms with Crippen LogP contribution in [0.2, 0.25) is 10.0 Å². The third kappa shape index (κ3) is 6.29. The monoisotopic (exact) mass is 341 g/mol. The van der Waals surface area contributed by atoms with Crippen LogP contribution < -0.4 is 5.32 Å². The van der Waals surface area contributed by atoms with Crippen LogP contribution in [-0.4, -0.2) is 23.5 Å². The maximum atomic E-state index is 9.96. The molecule has 0 saturated carbocycles. The van der Waals surface area contributed by atoms with E-state index in [1.807, 2.05) is 48.5 Å². The van der Waals surface area contributed by atoms with Gasteiger partial charge in [0.1, 0.15) is 0 Å². The van der Waals surface area contributed by atoms with Gasteiger partial charge < -0.3 is 10.4 Å². The summed E-state index contributed by atoms with van der Waals surface area (Å²) in [6.07, 6.45) is -0.402. The second-order valence-electron chi connectivity index (χ2n) is 4.68. The maximum Gasteiger partial charge on any atom is 0.0758 e. The van der Waals surface area contributed by atoms with Crippen LogP contribution in [0.15, 0.2) is 53.4 Å². The molecule has 2 aromatic carbocycles. The molecular weight excluding hydrogens is 325 g/mol. The fourth-order valence-corrected chi connectivity index (χ4v) is 3.06. The number of nitrogens with one attached hydrogen (secondary N) is 1. The SMILES string of the molecule is OC(CNCc1ccc(Cl)cc1)CSc1cccc(Cl)c1. The van der Waals surface area contributed by atoms with E-state index in [-0.39, 0.29) is 0 Å². The Morgan fingerprint density at radius 3 is 2.52 bits per heavy atom. The number of halogens is 2. The van der Waals surface area contributed by atoms with Gasteiger partial charge in [-0.25, -0.2) is 0 Å². The van der Waals surface area contributed by atoms with Gasteiger partial charge in [-0.2, -0.15) is 0 Å². The maximum absolute atomic E-state index is 9.96. The zero-order valence-corrected chi connectivity index (χ0v) is 13.8. The van der Waals surface area contributed by atoms with Crippen LogP contribution >= 0.6 is 35.0 Å². The summed E-state index contributed by atoms with van der Waals surface area (Å²) in [4.78, 5) is 1.07. The molecule has 0 saturated heterocycles. The van der Waals surface area contributed by atoms with E-state index >= 15 is 0 Å². The van der Waals surface area contributed by atoms with E-state index < -0.39 is 6.10 Å². The fraction of sp³-hybridized carbons (Fsp3) is 0.250. The van der Waals surface area contributed by atoms with Gasteiger partial charge in [-0.3, -0.25) is 0 Å². The Morgan fingerprint density at radius 1 is 1.05 bits per heavy atom. The van der Waals surface area contributed by atoms with Crippen LogP contribution in [0.3, 0.4) is 0 Å². The molecule has 0 radical (unpaired) electrons. The van der Waals surface area contributed by atoms with Crippen molar-refractivity contribution in [3.8, 4) is 0 Å². The van der Waals surface area contributed by atoms with E-state index in [2.05, 4.69) is 5.32 Å². The van der Waals surface area contributed by atoms with Gasteiger partial charge in [0.25, 0.3) is 0 Å². The molecule has 0 aromatic heterocycles. The van der Waals surface area contributed by atoms with Crippen molar-refractivity contribution in [2.75, 3.05) is 12.3 Å². The van der Waals surface area contributed by atoms with Crippen LogP contribution in [0.25, 0.3) is 0 Å². The third-order valence-electron chi connectivity index (χ3n) is 2.86. The molecule has 2 aromatic rings. The molecule has 0 aliphatic carbocycles. The highest BCUT2D eigenvalue weighted by Gasteiger charge is 2.05. The van der Waals surface area contributed by atoms with Crippen molar-refractivity contribution in [2.45, 2.75) is 17.5 Å². The van der Waals surface area contributed by atoms with Crippen LogP contribution in [0.1, 0.15) is 5.56 Å². The number of aliphatic hydroxyl groups is 1. The quantitative estimate of drug-likeness (QED) is 0.739. The van der Waals surface area contributed by atoms with Gasteiger partial charge in [-0.15, -0.1) is 11.8 Å². The number of rotatable bonds is 7. The summed E-state index contributed by atoms with van der Waals surface area (Å²) in [5.41, 5.74) is 1.15. The van der Waals surface area contributed by atoms with Crippen molar-refractivity contribution in [1.29, 1.82) is 0 Å². The van der Waals surface area contributed by atoms with Gasteiger partial charge >= 0.3 is 0 Å². The lowest BCUT2D eigenvalue weighted by Gasteiger charge is -2.12. The first kappa shape index (κ1) is 16.7. The first-order valence-corrected chi connectivity index (χ1v) is 8.39. The van der Waals surface area contributed by atoms with Crippen molar-refractivity contribution in [3.63, 3.8) is 0 Å². The van der Waals surface area contributed by atoms with Crippen molar-refractivity contribution in [3.05, 3.63) is 64.1 Å². The van der Waals surface area contributed by atoms with Crippen molar-refractivity contribution in [2.24, 2.45) is 0 Å². The normalized spacial score (nSPS) is 12.3. The van der Waals surface area contributed by atoms with Crippen molar-refractivity contribution >= 4 is 35.0 Å². The molecule has 21 heavy (non-hydrogen) atoms. The third-order valence-corrected chi connectivity index (χ3v) is 4.49. The number of hydrogen-bond donors (Lipinski definition) is 2. The van der Waals surface area contributed by atoms with E-state index in [0.717, 1.165) is 27.0 Å². The lowest BCUT2D eigenvalue weighted by molar-refractivity contribution is 0.195. The Bertz CT molecular complexity index is 562. The summed E-state index contributed by atoms with van der Waals surface area (Å²) in [6, 6.07) is 15.3. The highest BCUT2D eigenvalue weighted by Crippen LogP contribution is 2.22. The molecular formula is C16H17Cl2NOS. The molecule has 2 rings (SSSR count). The minimum absolute atomic E-state index is 0.402. The highest BCUT2D eigenvalue weighted by molar-refractivity contribution is 7.99. The molecule has 0 bridgehead atoms. The molecule has 0 spiro atoms. The van der Waals surface area contributed by atoms with Crippen LogP contribution in [0, 0.1) is 0 Å². The number of aliphatic hydroxyl groups excluding tert-OH is 1. The lowest BCUT2D eigenvalue weighted by Crippen LogP contribution is -2.28. The van der Waals surface area contributed by atoms with Crippen LogP contribution in [0.4, 0.5) is 0 Å². The minimum atomic E-state index is -0.402. The summed E-state index contributed by atoms with van der Waals surface area (Å²) in [7, 11) is 0. The van der Waals surface area contributed by atoms with E-state index in [0.29, 0.717) is 12.3 Å². The summed E-state index contributed by atoms with van der Waals surface area (Å²) in [5, 5.41) is 14.7. The van der Waals surface area contributed by atoms with E-state index in [1.54, 1.807) is 11.8 Å². The predicted octanol–water partition coefficient (Wildman–Crippen LogP) is 4.24. The zero-order chi connectivity index (χ0) is 15.1. The topological polar surface area (TPSA) is 32.3 Å². The van der Waals surface area contributed by atoms with Crippen molar-refractivity contribution in [1.82, 2.24) is 5.32 Å². The largest absolute Gasteiger partial charge is 0.391 e. The average Bonchev–Trinajstić information content (AvgIpc) is 2.47. The van der Waals surface area contributed by atoms with E-state index in [1.165, 1.54) is 0 Å². The second-order valence-corrected chi connectivity index (χ2v) is 6.65. The summed E-state index contributed by atoms with van der Waals surface area (Å²) in [6.45, 7) is 1.27. The molecule has 2 nitrogen and oxygen atoms in total. The van der Waals surface area contributed by atoms with Gasteiger partial charge in [0.2, 0.25) is 0 Å². The Hall–Kier alpha value is -0.710. The molecule has 0 heterocycles. The Balaban J connectivity index is 1.67. The molecule has 1 unspecified atom stereocenters. The highest BCUT2D eigenvalue weighted by atomic mass is 35.5. The van der Waals surface area contributed by atoms with E-state index in [9.17, 15) is 5.11 Å². The first-order valence-electron chi connectivity index (χ1n) is 6.65. The lowest BCUT2D eigenvalue weighted by atomic mass is 10.2. The molecule has 2 N–H and O–H groups in total. The standard InChI is InChI=1S/C16H17Cl2NOS/c17-13-6-4-12(5-7-13)9-19-10-15(20)11-21-16-3-1-2-14(18)8-16/h1-8,15,19-20H,9-11H2. The Labute approximate surface area is 139 Å². The first-order chi connectivity index (χ1) is 10.1. The summed E-state index contributed by atoms with van der Waals surface area (Å²) in [5.74, 6) is 0.633. The van der Waals surface area contributed by atoms with Gasteiger partial charge in [0, 0.05) is 33.8 Å². The van der Waals surface area contributed by atoms with Crippen LogP contribution in [-0.2, 0) is 6.54 Å². The molecule has 0 aliphatic heterocycles. The minimum Gasteiger partial charge on any atom is -0.391 e. The number of benzene rings is 2. The van der Waals surface area contributed by atoms with E-state index in [4.69, 9.17) is 23.2 Å². The number of hydrogen-bond acceptors (Lipinski definition) is 3. The van der Waals surface area contributed by atoms with Gasteiger partial charge in [0.05, 0.1) is 6.10 Å². The molecule has 5 heteroatoms. The summed E-state index contributed by atoms with van der Waals surface area (Å²) >= 11 is 13.4. The molecule has 1 atom stereocenters. The molecule has 112 valence electrons. The fourth-order valence-electron chi connectivity index (χ4n) is 1.79. The molecule has 0 aliphatic rings. The van der Waals surface area contributed by atoms with Gasteiger partial charge in [0.15, 0.2) is 0 Å². The second kappa shape index (κ2) is 8.66. The molecule has 0 amide bonds. The van der Waals surface area contributed by atoms with Crippen LogP contribution in [0.5, 0.6) is 0 Å². The predicted molar refractivity (Wildman–Crippen MR) is 91.3 cm³/mol. The van der Waals surface area contributed by atoms with Gasteiger partial charge in [-0.05, 0) is 35.9 Å². The smallest absolute Gasteiger partial charge is 0.0758 e. The van der Waals surface area contributed by atoms with Crippen molar-refractivity contribution < 1.29 is 5.11 Å². The summed E-state index contributed by atoms with van der Waals surface area (Å²) < 4.78 is 0. The zero-order valence-electron chi connectivity index (χ0n) is 11.4. The number of thioether (sulfide) groups is 1.